The van der Waals surface area contributed by atoms with Crippen molar-refractivity contribution in [2.45, 2.75) is 240 Å². The van der Waals surface area contributed by atoms with Gasteiger partial charge in [0.2, 0.25) is 0 Å². The largest absolute Gasteiger partial charge is 0.478 e. The van der Waals surface area contributed by atoms with Crippen molar-refractivity contribution in [1.29, 1.82) is 0 Å². The molecule has 1 fully saturated rings. The molecule has 0 saturated heterocycles. The molecule has 2 rings (SSSR count). The van der Waals surface area contributed by atoms with Gasteiger partial charge in [0.05, 0.1) is 24.3 Å². The summed E-state index contributed by atoms with van der Waals surface area (Å²) in [7, 11) is 0. The van der Waals surface area contributed by atoms with Gasteiger partial charge in [-0.15, -0.1) is 0 Å². The number of unbranched alkanes of at least 4 members (excludes halogenated alkanes) is 21. The van der Waals surface area contributed by atoms with Crippen LogP contribution < -0.4 is 0 Å². The van der Waals surface area contributed by atoms with Gasteiger partial charge in [0, 0.05) is 11.0 Å². The molecule has 0 radical (unpaired) electrons. The third-order valence-electron chi connectivity index (χ3n) is 12.7. The van der Waals surface area contributed by atoms with E-state index in [4.69, 9.17) is 9.47 Å². The van der Waals surface area contributed by atoms with Crippen LogP contribution in [0.5, 0.6) is 0 Å². The summed E-state index contributed by atoms with van der Waals surface area (Å²) in [6.07, 6.45) is 39.4. The molecule has 0 atom stereocenters. The van der Waals surface area contributed by atoms with E-state index < -0.39 is 17.9 Å². The van der Waals surface area contributed by atoms with Gasteiger partial charge in [-0.05, 0) is 68.9 Å². The monoisotopic (exact) mass is 825 g/mol. The van der Waals surface area contributed by atoms with E-state index >= 15 is 0 Å². The normalized spacial score (nSPS) is 16.3. The molecule has 340 valence electrons. The second kappa shape index (κ2) is 36.1. The quantitative estimate of drug-likeness (QED) is 0.0416. The first-order valence-corrected chi connectivity index (χ1v) is 25.0. The molecule has 1 aromatic rings. The lowest BCUT2D eigenvalue weighted by atomic mass is 9.63. The Labute approximate surface area is 363 Å². The zero-order valence-corrected chi connectivity index (χ0v) is 39.2. The van der Waals surface area contributed by atoms with Gasteiger partial charge in [-0.2, -0.15) is 0 Å². The van der Waals surface area contributed by atoms with Crippen LogP contribution in [0.15, 0.2) is 36.4 Å². The maximum atomic E-state index is 12.5. The second-order valence-corrected chi connectivity index (χ2v) is 18.3. The van der Waals surface area contributed by atoms with Crippen LogP contribution in [0.3, 0.4) is 0 Å². The number of rotatable bonds is 35. The van der Waals surface area contributed by atoms with Crippen molar-refractivity contribution in [3.05, 3.63) is 47.5 Å². The number of carboxylic acid groups (broad SMARTS) is 1. The molecule has 1 aliphatic carbocycles. The van der Waals surface area contributed by atoms with Crippen molar-refractivity contribution in [3.8, 4) is 0 Å². The highest BCUT2D eigenvalue weighted by Crippen LogP contribution is 2.48. The molecule has 1 aromatic carbocycles. The molecule has 0 amide bonds. The van der Waals surface area contributed by atoms with Crippen LogP contribution in [0.25, 0.3) is 0 Å². The molecular weight excluding hydrogens is 733 g/mol. The number of carboxylic acids is 1. The lowest BCUT2D eigenvalue weighted by Crippen LogP contribution is -2.32. The third-order valence-corrected chi connectivity index (χ3v) is 12.7. The summed E-state index contributed by atoms with van der Waals surface area (Å²) in [6, 6.07) is 6.77. The van der Waals surface area contributed by atoms with Crippen molar-refractivity contribution in [2.75, 3.05) is 13.2 Å². The zero-order valence-electron chi connectivity index (χ0n) is 39.2. The predicted octanol–water partition coefficient (Wildman–Crippen LogP) is 16.4. The fraction of sp³-hybridized carbons (Fsp3) is 0.792. The minimum Gasteiger partial charge on any atom is -0.478 e. The number of esters is 2. The second-order valence-electron chi connectivity index (χ2n) is 18.3. The maximum absolute atomic E-state index is 12.5. The summed E-state index contributed by atoms with van der Waals surface area (Å²) in [5, 5.41) is 9.58. The minimum atomic E-state index is -0.768. The van der Waals surface area contributed by atoms with Crippen LogP contribution >= 0.6 is 0 Å². The van der Waals surface area contributed by atoms with Crippen LogP contribution in [0.2, 0.25) is 0 Å². The Balaban J connectivity index is 0.000000599. The number of hydrogen-bond acceptors (Lipinski definition) is 5. The molecule has 0 aromatic heterocycles. The number of ether oxygens (including phenoxy) is 2. The Morgan fingerprint density at radius 3 is 1.42 bits per heavy atom. The van der Waals surface area contributed by atoms with Crippen molar-refractivity contribution in [2.24, 2.45) is 17.3 Å². The highest BCUT2D eigenvalue weighted by molar-refractivity contribution is 6.03. The molecule has 1 aliphatic rings. The van der Waals surface area contributed by atoms with Gasteiger partial charge in [-0.3, -0.25) is 0 Å². The predicted molar refractivity (Wildman–Crippen MR) is 249 cm³/mol. The van der Waals surface area contributed by atoms with Crippen LogP contribution in [-0.2, 0) is 14.3 Å². The Hall–Kier alpha value is -2.63. The fourth-order valence-corrected chi connectivity index (χ4v) is 8.65. The number of benzene rings is 1. The molecule has 0 spiro atoms. The van der Waals surface area contributed by atoms with Crippen molar-refractivity contribution in [3.63, 3.8) is 0 Å². The molecule has 0 aliphatic heterocycles. The molecule has 6 nitrogen and oxygen atoms in total. The van der Waals surface area contributed by atoms with Gasteiger partial charge in [-0.1, -0.05) is 214 Å². The summed E-state index contributed by atoms with van der Waals surface area (Å²) in [4.78, 5) is 36.6. The number of aliphatic carboxylic acids is 1. The van der Waals surface area contributed by atoms with Crippen LogP contribution in [0.1, 0.15) is 261 Å². The standard InChI is InChI=1S/C28H46O4.C25H46O2/c1-4-5-6-7-8-9-10-11-12-17-22-31-27(29)25-20-15-16-21-26(25)28(30)32-23-18-13-14-19-24(2)3;1-4-6-8-10-12-14-16-23-17-20-25(21-18-23,22(3)24(26)27)19-15-13-11-9-7-5-2/h15-16,20-21,24H,4-14,17-19,22-23H2,1-3H3;23H,3-21H2,1-2H3,(H,26,27). The molecule has 59 heavy (non-hydrogen) atoms. The Kier molecular flexibility index (Phi) is 33.2. The highest BCUT2D eigenvalue weighted by Gasteiger charge is 2.39. The van der Waals surface area contributed by atoms with Crippen molar-refractivity contribution < 1.29 is 29.0 Å². The van der Waals surface area contributed by atoms with E-state index in [1.807, 2.05) is 0 Å². The summed E-state index contributed by atoms with van der Waals surface area (Å²) in [5.41, 5.74) is 0.968. The van der Waals surface area contributed by atoms with Crippen molar-refractivity contribution in [1.82, 2.24) is 0 Å². The summed E-state index contributed by atoms with van der Waals surface area (Å²) >= 11 is 0. The molecule has 0 heterocycles. The van der Waals surface area contributed by atoms with Gasteiger partial charge >= 0.3 is 17.9 Å². The summed E-state index contributed by atoms with van der Waals surface area (Å²) in [6.45, 7) is 16.0. The van der Waals surface area contributed by atoms with Crippen molar-refractivity contribution >= 4 is 17.9 Å². The van der Waals surface area contributed by atoms with Crippen LogP contribution in [-0.4, -0.2) is 36.2 Å². The SMILES string of the molecule is C=C(C(=O)O)C1(CCCCCCCC)CCC(CCCCCCCC)CC1.CCCCCCCCCCCCOC(=O)c1ccccc1C(=O)OCCCCCC(C)C. The van der Waals surface area contributed by atoms with Gasteiger partial charge < -0.3 is 14.6 Å². The summed E-state index contributed by atoms with van der Waals surface area (Å²) < 4.78 is 10.8. The van der Waals surface area contributed by atoms with Crippen LogP contribution in [0, 0.1) is 17.3 Å². The van der Waals surface area contributed by atoms with E-state index in [1.54, 1.807) is 24.3 Å². The first kappa shape index (κ1) is 54.4. The lowest BCUT2D eigenvalue weighted by Gasteiger charge is -2.41. The molecule has 1 saturated carbocycles. The Morgan fingerprint density at radius 1 is 0.610 bits per heavy atom. The highest BCUT2D eigenvalue weighted by atomic mass is 16.5. The van der Waals surface area contributed by atoms with Gasteiger partial charge in [0.1, 0.15) is 0 Å². The molecule has 6 heteroatoms. The maximum Gasteiger partial charge on any atom is 0.339 e. The molecule has 0 unspecified atom stereocenters. The number of carbonyl (C=O) groups is 3. The van der Waals surface area contributed by atoms with E-state index in [-0.39, 0.29) is 5.41 Å². The van der Waals surface area contributed by atoms with Gasteiger partial charge in [-0.25, -0.2) is 14.4 Å². The average Bonchev–Trinajstić information content (AvgIpc) is 3.23. The van der Waals surface area contributed by atoms with Gasteiger partial charge in [0.25, 0.3) is 0 Å². The number of carbonyl (C=O) groups excluding carboxylic acids is 2. The minimum absolute atomic E-state index is 0.117. The fourth-order valence-electron chi connectivity index (χ4n) is 8.65. The van der Waals surface area contributed by atoms with E-state index in [0.29, 0.717) is 35.8 Å². The first-order valence-electron chi connectivity index (χ1n) is 25.0. The Morgan fingerprint density at radius 2 is 1.00 bits per heavy atom. The van der Waals surface area contributed by atoms with E-state index in [1.165, 1.54) is 148 Å². The van der Waals surface area contributed by atoms with E-state index in [9.17, 15) is 19.5 Å². The smallest absolute Gasteiger partial charge is 0.339 e. The first-order chi connectivity index (χ1) is 28.6. The molecule has 1 N–H and O–H groups in total. The van der Waals surface area contributed by atoms with E-state index in [0.717, 1.165) is 63.7 Å². The Bertz CT molecular complexity index is 1210. The molecular formula is C53H92O6. The molecule has 0 bridgehead atoms. The van der Waals surface area contributed by atoms with E-state index in [2.05, 4.69) is 41.2 Å². The van der Waals surface area contributed by atoms with Gasteiger partial charge in [0.15, 0.2) is 0 Å². The lowest BCUT2D eigenvalue weighted by molar-refractivity contribution is -0.134. The van der Waals surface area contributed by atoms with Crippen LogP contribution in [0.4, 0.5) is 0 Å². The average molecular weight is 825 g/mol. The zero-order chi connectivity index (χ0) is 43.4. The topological polar surface area (TPSA) is 89.9 Å². The number of hydrogen-bond donors (Lipinski definition) is 1. The third kappa shape index (κ3) is 26.3. The summed E-state index contributed by atoms with van der Waals surface area (Å²) in [5.74, 6) is -0.132.